The Morgan fingerprint density at radius 3 is 2.24 bits per heavy atom. The second-order valence-corrected chi connectivity index (χ2v) is 6.86. The summed E-state index contributed by atoms with van der Waals surface area (Å²) in [5, 5.41) is 13.0. The molecule has 0 aromatic heterocycles. The van der Waals surface area contributed by atoms with Gasteiger partial charge in [0.1, 0.15) is 6.10 Å². The maximum Gasteiger partial charge on any atom is 0.105 e. The van der Waals surface area contributed by atoms with Crippen molar-refractivity contribution in [1.82, 2.24) is 0 Å². The van der Waals surface area contributed by atoms with Gasteiger partial charge in [0.2, 0.25) is 0 Å². The first kappa shape index (κ1) is 14.8. The van der Waals surface area contributed by atoms with Crippen molar-refractivity contribution >= 4 is 42.6 Å². The highest BCUT2D eigenvalue weighted by Crippen LogP contribution is 2.34. The lowest BCUT2D eigenvalue weighted by atomic mass is 9.93. The number of hydrogen-bond donors (Lipinski definition) is 1. The molecule has 0 saturated carbocycles. The van der Waals surface area contributed by atoms with Gasteiger partial charge in [-0.25, -0.2) is 0 Å². The van der Waals surface area contributed by atoms with Crippen LogP contribution in [-0.4, -0.2) is 5.11 Å². The van der Waals surface area contributed by atoms with Crippen LogP contribution in [0.4, 0.5) is 0 Å². The Morgan fingerprint density at radius 2 is 1.52 bits per heavy atom. The molecule has 1 nitrogen and oxygen atoms in total. The predicted molar refractivity (Wildman–Crippen MR) is 94.6 cm³/mol. The third-order valence-corrected chi connectivity index (χ3v) is 4.91. The molecule has 0 bridgehead atoms. The fraction of sp³-hybridized carbons (Fsp3) is 0.111. The van der Waals surface area contributed by atoms with Gasteiger partial charge in [-0.2, -0.15) is 0 Å². The Balaban J connectivity index is 2.18. The fourth-order valence-corrected chi connectivity index (χ4v) is 3.59. The maximum atomic E-state index is 10.8. The minimum Gasteiger partial charge on any atom is -0.384 e. The Morgan fingerprint density at radius 1 is 0.857 bits per heavy atom. The lowest BCUT2D eigenvalue weighted by molar-refractivity contribution is 0.221. The van der Waals surface area contributed by atoms with E-state index < -0.39 is 6.10 Å². The first-order chi connectivity index (χ1) is 10.1. The lowest BCUT2D eigenvalue weighted by Gasteiger charge is -2.17. The molecule has 3 rings (SSSR count). The van der Waals surface area contributed by atoms with E-state index in [4.69, 9.17) is 0 Å². The SMILES string of the molecule is Cc1cc(Br)ccc1C(O)c1ccc(Br)c2ccccc12. The van der Waals surface area contributed by atoms with Gasteiger partial charge in [0.15, 0.2) is 0 Å². The van der Waals surface area contributed by atoms with Crippen molar-refractivity contribution in [2.75, 3.05) is 0 Å². The van der Waals surface area contributed by atoms with E-state index in [1.807, 2.05) is 55.5 Å². The van der Waals surface area contributed by atoms with E-state index in [9.17, 15) is 5.11 Å². The van der Waals surface area contributed by atoms with Crippen LogP contribution < -0.4 is 0 Å². The Bertz CT molecular complexity index is 811. The van der Waals surface area contributed by atoms with Crippen LogP contribution in [0.3, 0.4) is 0 Å². The third kappa shape index (κ3) is 2.78. The lowest BCUT2D eigenvalue weighted by Crippen LogP contribution is -2.03. The van der Waals surface area contributed by atoms with E-state index in [1.54, 1.807) is 0 Å². The summed E-state index contributed by atoms with van der Waals surface area (Å²) in [7, 11) is 0. The number of halogens is 2. The Labute approximate surface area is 140 Å². The van der Waals surface area contributed by atoms with E-state index in [1.165, 1.54) is 0 Å². The summed E-state index contributed by atoms with van der Waals surface area (Å²) < 4.78 is 2.07. The van der Waals surface area contributed by atoms with Crippen LogP contribution >= 0.6 is 31.9 Å². The van der Waals surface area contributed by atoms with Gasteiger partial charge in [-0.3, -0.25) is 0 Å². The maximum absolute atomic E-state index is 10.8. The molecule has 1 N–H and O–H groups in total. The van der Waals surface area contributed by atoms with Gasteiger partial charge in [-0.15, -0.1) is 0 Å². The summed E-state index contributed by atoms with van der Waals surface area (Å²) >= 11 is 7.04. The molecule has 0 aliphatic rings. The number of fused-ring (bicyclic) bond motifs is 1. The highest BCUT2D eigenvalue weighted by molar-refractivity contribution is 9.11. The van der Waals surface area contributed by atoms with Crippen LogP contribution in [0.15, 0.2) is 63.5 Å². The molecule has 1 unspecified atom stereocenters. The molecular weight excluding hydrogens is 392 g/mol. The van der Waals surface area contributed by atoms with Gasteiger partial charge in [-0.05, 0) is 52.6 Å². The summed E-state index contributed by atoms with van der Waals surface area (Å²) in [5.74, 6) is 0. The molecule has 0 aliphatic carbocycles. The number of aryl methyl sites for hydroxylation is 1. The quantitative estimate of drug-likeness (QED) is 0.574. The van der Waals surface area contributed by atoms with Crippen molar-refractivity contribution in [3.8, 4) is 0 Å². The van der Waals surface area contributed by atoms with Gasteiger partial charge >= 0.3 is 0 Å². The number of benzene rings is 3. The zero-order valence-electron chi connectivity index (χ0n) is 11.5. The molecule has 0 fully saturated rings. The largest absolute Gasteiger partial charge is 0.384 e. The fourth-order valence-electron chi connectivity index (χ4n) is 2.64. The Kier molecular flexibility index (Phi) is 4.16. The Hall–Kier alpha value is -1.16. The summed E-state index contributed by atoms with van der Waals surface area (Å²) in [6.07, 6.45) is -0.629. The van der Waals surface area contributed by atoms with E-state index in [2.05, 4.69) is 37.9 Å². The predicted octanol–water partition coefficient (Wildman–Crippen LogP) is 5.75. The van der Waals surface area contributed by atoms with E-state index in [0.29, 0.717) is 0 Å². The molecule has 0 saturated heterocycles. The second kappa shape index (κ2) is 5.91. The van der Waals surface area contributed by atoms with Crippen LogP contribution in [0, 0.1) is 6.92 Å². The molecule has 21 heavy (non-hydrogen) atoms. The zero-order chi connectivity index (χ0) is 15.0. The van der Waals surface area contributed by atoms with Gasteiger partial charge in [0.25, 0.3) is 0 Å². The molecule has 0 spiro atoms. The highest BCUT2D eigenvalue weighted by atomic mass is 79.9. The number of aliphatic hydroxyl groups excluding tert-OH is 1. The van der Waals surface area contributed by atoms with Crippen molar-refractivity contribution in [2.24, 2.45) is 0 Å². The molecule has 3 aromatic carbocycles. The second-order valence-electron chi connectivity index (χ2n) is 5.09. The van der Waals surface area contributed by atoms with Gasteiger partial charge in [-0.1, -0.05) is 68.3 Å². The zero-order valence-corrected chi connectivity index (χ0v) is 14.6. The van der Waals surface area contributed by atoms with Gasteiger partial charge in [0.05, 0.1) is 0 Å². The van der Waals surface area contributed by atoms with Gasteiger partial charge < -0.3 is 5.11 Å². The molecule has 0 aliphatic heterocycles. The number of hydrogen-bond acceptors (Lipinski definition) is 1. The van der Waals surface area contributed by atoms with Crippen LogP contribution in [0.5, 0.6) is 0 Å². The first-order valence-electron chi connectivity index (χ1n) is 6.69. The summed E-state index contributed by atoms with van der Waals surface area (Å²) in [6.45, 7) is 2.02. The average Bonchev–Trinajstić information content (AvgIpc) is 2.47. The van der Waals surface area contributed by atoms with E-state index >= 15 is 0 Å². The average molecular weight is 406 g/mol. The van der Waals surface area contributed by atoms with Crippen LogP contribution in [0.2, 0.25) is 0 Å². The standard InChI is InChI=1S/C18H14Br2O/c1-11-10-12(19)6-7-13(11)18(21)16-8-9-17(20)15-5-3-2-4-14(15)16/h2-10,18,21H,1H3. The molecule has 3 heteroatoms. The van der Waals surface area contributed by atoms with Crippen molar-refractivity contribution in [2.45, 2.75) is 13.0 Å². The highest BCUT2D eigenvalue weighted by Gasteiger charge is 2.16. The molecule has 3 aromatic rings. The van der Waals surface area contributed by atoms with Crippen molar-refractivity contribution in [1.29, 1.82) is 0 Å². The first-order valence-corrected chi connectivity index (χ1v) is 8.28. The third-order valence-electron chi connectivity index (χ3n) is 3.73. The number of aliphatic hydroxyl groups is 1. The number of rotatable bonds is 2. The summed E-state index contributed by atoms with van der Waals surface area (Å²) in [4.78, 5) is 0. The minimum atomic E-state index is -0.629. The van der Waals surface area contributed by atoms with Crippen molar-refractivity contribution < 1.29 is 5.11 Å². The van der Waals surface area contributed by atoms with E-state index in [0.717, 1.165) is 36.4 Å². The monoisotopic (exact) mass is 404 g/mol. The summed E-state index contributed by atoms with van der Waals surface area (Å²) in [5.41, 5.74) is 2.94. The molecule has 0 amide bonds. The normalized spacial score (nSPS) is 12.6. The van der Waals surface area contributed by atoms with Crippen LogP contribution in [0.25, 0.3) is 10.8 Å². The molecule has 106 valence electrons. The topological polar surface area (TPSA) is 20.2 Å². The van der Waals surface area contributed by atoms with Crippen molar-refractivity contribution in [3.63, 3.8) is 0 Å². The molecular formula is C18H14Br2O. The molecule has 1 atom stereocenters. The minimum absolute atomic E-state index is 0.629. The van der Waals surface area contributed by atoms with Crippen LogP contribution in [0.1, 0.15) is 22.8 Å². The smallest absolute Gasteiger partial charge is 0.105 e. The van der Waals surface area contributed by atoms with Gasteiger partial charge in [0, 0.05) is 8.95 Å². The van der Waals surface area contributed by atoms with E-state index in [-0.39, 0.29) is 0 Å². The van der Waals surface area contributed by atoms with Crippen molar-refractivity contribution in [3.05, 3.63) is 80.2 Å². The molecule has 0 radical (unpaired) electrons. The summed E-state index contributed by atoms with van der Waals surface area (Å²) in [6, 6.07) is 18.1. The molecule has 0 heterocycles. The van der Waals surface area contributed by atoms with Crippen LogP contribution in [-0.2, 0) is 0 Å².